The molecular weight excluding hydrogens is 286 g/mol. The summed E-state index contributed by atoms with van der Waals surface area (Å²) in [7, 11) is 0. The molecule has 0 atom stereocenters. The highest BCUT2D eigenvalue weighted by Gasteiger charge is 2.00. The van der Waals surface area contributed by atoms with E-state index in [0.29, 0.717) is 13.0 Å². The van der Waals surface area contributed by atoms with Crippen LogP contribution in [0.4, 0.5) is 0 Å². The molecule has 0 unspecified atom stereocenters. The second kappa shape index (κ2) is 19.5. The van der Waals surface area contributed by atoms with Gasteiger partial charge in [0.1, 0.15) is 0 Å². The quantitative estimate of drug-likeness (QED) is 0.236. The summed E-state index contributed by atoms with van der Waals surface area (Å²) in [5.41, 5.74) is 2.44. The summed E-state index contributed by atoms with van der Waals surface area (Å²) < 4.78 is 0. The van der Waals surface area contributed by atoms with Gasteiger partial charge >= 0.3 is 0 Å². The molecule has 0 heterocycles. The fourth-order valence-corrected chi connectivity index (χ4v) is 2.86. The molecule has 0 aromatic carbocycles. The normalized spacial score (nSPS) is 10.9. The second-order valence-electron chi connectivity index (χ2n) is 6.66. The Bertz CT molecular complexity index is 244. The van der Waals surface area contributed by atoms with Gasteiger partial charge in [-0.1, -0.05) is 96.8 Å². The molecule has 0 fully saturated rings. The third-order valence-corrected chi connectivity index (χ3v) is 4.34. The van der Waals surface area contributed by atoms with Crippen molar-refractivity contribution in [3.63, 3.8) is 0 Å². The molecule has 0 saturated heterocycles. The molecule has 23 heavy (non-hydrogen) atoms. The van der Waals surface area contributed by atoms with E-state index in [9.17, 15) is 4.79 Å². The van der Waals surface area contributed by atoms with Crippen LogP contribution < -0.4 is 5.48 Å². The van der Waals surface area contributed by atoms with Crippen LogP contribution in [0.2, 0.25) is 0 Å². The highest BCUT2D eigenvalue weighted by molar-refractivity contribution is 5.74. The van der Waals surface area contributed by atoms with E-state index >= 15 is 0 Å². The van der Waals surface area contributed by atoms with Crippen molar-refractivity contribution >= 4 is 5.91 Å². The molecule has 0 aromatic rings. The van der Waals surface area contributed by atoms with Crippen LogP contribution in [0.1, 0.15) is 117 Å². The summed E-state index contributed by atoms with van der Waals surface area (Å²) in [6, 6.07) is 0. The van der Waals surface area contributed by atoms with E-state index in [1.807, 2.05) is 6.92 Å². The minimum Gasteiger partial charge on any atom is -0.274 e. The van der Waals surface area contributed by atoms with Crippen molar-refractivity contribution in [1.82, 2.24) is 5.48 Å². The molecule has 1 N–H and O–H groups in total. The number of unbranched alkanes of at least 4 members (excludes halogenated alkanes) is 14. The summed E-state index contributed by atoms with van der Waals surface area (Å²) in [5.74, 6) is 0.0153. The highest BCUT2D eigenvalue weighted by atomic mass is 16.6. The Hall–Kier alpha value is -0.570. The number of hydroxylamine groups is 1. The van der Waals surface area contributed by atoms with Crippen molar-refractivity contribution in [3.05, 3.63) is 0 Å². The molecule has 0 aliphatic carbocycles. The summed E-state index contributed by atoms with van der Waals surface area (Å²) in [6.45, 7) is 4.68. The topological polar surface area (TPSA) is 38.3 Å². The average molecular weight is 328 g/mol. The minimum absolute atomic E-state index is 0.0153. The highest BCUT2D eigenvalue weighted by Crippen LogP contribution is 2.13. The molecule has 0 saturated carbocycles. The van der Waals surface area contributed by atoms with Crippen LogP contribution in [0.15, 0.2) is 0 Å². The van der Waals surface area contributed by atoms with Gasteiger partial charge in [0.2, 0.25) is 5.91 Å². The maximum absolute atomic E-state index is 11.3. The molecule has 0 aromatic heterocycles. The van der Waals surface area contributed by atoms with Gasteiger partial charge in [0.25, 0.3) is 0 Å². The van der Waals surface area contributed by atoms with Crippen molar-refractivity contribution in [2.24, 2.45) is 0 Å². The van der Waals surface area contributed by atoms with Gasteiger partial charge in [-0.25, -0.2) is 5.48 Å². The number of nitrogens with one attached hydrogen (secondary N) is 1. The standard InChI is InChI=1S/C20H41NO2/c1-3-5-6-7-8-9-10-11-12-13-14-15-16-17-18-19-20(22)21-23-4-2/h3-19H2,1-2H3,(H,21,22). The zero-order chi connectivity index (χ0) is 17.0. The first kappa shape index (κ1) is 22.4. The third kappa shape index (κ3) is 19.4. The lowest BCUT2D eigenvalue weighted by Gasteiger charge is -2.04. The number of amides is 1. The Morgan fingerprint density at radius 3 is 1.43 bits per heavy atom. The largest absolute Gasteiger partial charge is 0.274 e. The van der Waals surface area contributed by atoms with Crippen LogP contribution in [0, 0.1) is 0 Å². The fourth-order valence-electron chi connectivity index (χ4n) is 2.86. The van der Waals surface area contributed by atoms with Crippen molar-refractivity contribution < 1.29 is 9.63 Å². The van der Waals surface area contributed by atoms with Crippen LogP contribution in [-0.4, -0.2) is 12.5 Å². The van der Waals surface area contributed by atoms with Crippen LogP contribution in [0.25, 0.3) is 0 Å². The van der Waals surface area contributed by atoms with Gasteiger partial charge in [-0.2, -0.15) is 0 Å². The molecule has 0 aliphatic heterocycles. The first-order valence-electron chi connectivity index (χ1n) is 10.2. The van der Waals surface area contributed by atoms with Gasteiger partial charge < -0.3 is 0 Å². The molecule has 3 heteroatoms. The zero-order valence-corrected chi connectivity index (χ0v) is 15.8. The SMILES string of the molecule is CCCCCCCCCCCCCCCCCC(=O)NOCC. The lowest BCUT2D eigenvalue weighted by molar-refractivity contribution is -0.133. The van der Waals surface area contributed by atoms with Gasteiger partial charge in [0.05, 0.1) is 6.61 Å². The van der Waals surface area contributed by atoms with Crippen LogP contribution in [-0.2, 0) is 9.63 Å². The summed E-state index contributed by atoms with van der Waals surface area (Å²) in [6.07, 6.45) is 20.9. The zero-order valence-electron chi connectivity index (χ0n) is 15.8. The molecule has 138 valence electrons. The number of hydrogen-bond donors (Lipinski definition) is 1. The summed E-state index contributed by atoms with van der Waals surface area (Å²) >= 11 is 0. The van der Waals surface area contributed by atoms with Gasteiger partial charge in [0.15, 0.2) is 0 Å². The van der Waals surface area contributed by atoms with E-state index in [1.165, 1.54) is 83.5 Å². The predicted molar refractivity (Wildman–Crippen MR) is 99.3 cm³/mol. The monoisotopic (exact) mass is 327 g/mol. The molecule has 0 spiro atoms. The summed E-state index contributed by atoms with van der Waals surface area (Å²) in [5, 5.41) is 0. The van der Waals surface area contributed by atoms with Gasteiger partial charge in [-0.15, -0.1) is 0 Å². The molecule has 0 rings (SSSR count). The number of carbonyl (C=O) groups is 1. The lowest BCUT2D eigenvalue weighted by atomic mass is 10.0. The van der Waals surface area contributed by atoms with E-state index in [0.717, 1.165) is 12.8 Å². The lowest BCUT2D eigenvalue weighted by Crippen LogP contribution is -2.23. The predicted octanol–water partition coefficient (Wildman–Crippen LogP) is 6.32. The van der Waals surface area contributed by atoms with Gasteiger partial charge in [-0.05, 0) is 13.3 Å². The first-order valence-corrected chi connectivity index (χ1v) is 10.2. The molecule has 1 amide bonds. The van der Waals surface area contributed by atoms with E-state index < -0.39 is 0 Å². The number of hydrogen-bond acceptors (Lipinski definition) is 2. The maximum Gasteiger partial charge on any atom is 0.243 e. The van der Waals surface area contributed by atoms with Gasteiger partial charge in [0, 0.05) is 6.42 Å². The van der Waals surface area contributed by atoms with Gasteiger partial charge in [-0.3, -0.25) is 9.63 Å². The summed E-state index contributed by atoms with van der Waals surface area (Å²) in [4.78, 5) is 16.2. The Balaban J connectivity index is 3.04. The van der Waals surface area contributed by atoms with E-state index in [4.69, 9.17) is 4.84 Å². The molecular formula is C20H41NO2. The molecule has 0 bridgehead atoms. The van der Waals surface area contributed by atoms with Crippen LogP contribution in [0.5, 0.6) is 0 Å². The number of carbonyl (C=O) groups excluding carboxylic acids is 1. The molecule has 0 aliphatic rings. The second-order valence-corrected chi connectivity index (χ2v) is 6.66. The average Bonchev–Trinajstić information content (AvgIpc) is 2.56. The minimum atomic E-state index is 0.0153. The number of rotatable bonds is 18. The molecule has 0 radical (unpaired) electrons. The van der Waals surface area contributed by atoms with Crippen LogP contribution in [0.3, 0.4) is 0 Å². The maximum atomic E-state index is 11.3. The Morgan fingerprint density at radius 1 is 0.652 bits per heavy atom. The Labute approximate surface area is 144 Å². The van der Waals surface area contributed by atoms with E-state index in [1.54, 1.807) is 0 Å². The smallest absolute Gasteiger partial charge is 0.243 e. The first-order chi connectivity index (χ1) is 11.3. The molecule has 3 nitrogen and oxygen atoms in total. The fraction of sp³-hybridized carbons (Fsp3) is 0.950. The van der Waals surface area contributed by atoms with E-state index in [-0.39, 0.29) is 5.91 Å². The Morgan fingerprint density at radius 2 is 1.04 bits per heavy atom. The van der Waals surface area contributed by atoms with Crippen molar-refractivity contribution in [1.29, 1.82) is 0 Å². The van der Waals surface area contributed by atoms with Crippen molar-refractivity contribution in [3.8, 4) is 0 Å². The van der Waals surface area contributed by atoms with Crippen molar-refractivity contribution in [2.75, 3.05) is 6.61 Å². The van der Waals surface area contributed by atoms with Crippen molar-refractivity contribution in [2.45, 2.75) is 117 Å². The van der Waals surface area contributed by atoms with Crippen LogP contribution >= 0.6 is 0 Å². The third-order valence-electron chi connectivity index (χ3n) is 4.34. The van der Waals surface area contributed by atoms with E-state index in [2.05, 4.69) is 12.4 Å². The Kier molecular flexibility index (Phi) is 19.0.